The molecule has 2 aromatic carbocycles. The van der Waals surface area contributed by atoms with Crippen molar-refractivity contribution in [3.63, 3.8) is 0 Å². The highest BCUT2D eigenvalue weighted by molar-refractivity contribution is 6.46. The third-order valence-corrected chi connectivity index (χ3v) is 6.86. The number of aliphatic hydroxyl groups is 1. The lowest BCUT2D eigenvalue weighted by Gasteiger charge is -2.28. The first-order chi connectivity index (χ1) is 16.9. The molecule has 2 fully saturated rings. The molecule has 1 amide bonds. The number of hydrogen-bond acceptors (Lipinski definition) is 7. The molecule has 0 spiro atoms. The molecule has 2 aromatic rings. The van der Waals surface area contributed by atoms with E-state index < -0.39 is 17.7 Å². The van der Waals surface area contributed by atoms with Crippen molar-refractivity contribution in [2.75, 3.05) is 27.4 Å². The van der Waals surface area contributed by atoms with E-state index in [0.717, 1.165) is 24.2 Å². The third-order valence-electron chi connectivity index (χ3n) is 6.86. The zero-order chi connectivity index (χ0) is 24.7. The van der Waals surface area contributed by atoms with Crippen molar-refractivity contribution in [2.45, 2.75) is 44.4 Å². The van der Waals surface area contributed by atoms with Gasteiger partial charge in [0.1, 0.15) is 17.6 Å². The van der Waals surface area contributed by atoms with Crippen molar-refractivity contribution in [3.05, 3.63) is 58.7 Å². The van der Waals surface area contributed by atoms with Gasteiger partial charge in [-0.1, -0.05) is 6.07 Å². The zero-order valence-corrected chi connectivity index (χ0v) is 20.1. The van der Waals surface area contributed by atoms with E-state index in [2.05, 4.69) is 0 Å². The number of fused-ring (bicyclic) bond motifs is 1. The largest absolute Gasteiger partial charge is 0.507 e. The Hall–Kier alpha value is -3.52. The average molecular weight is 480 g/mol. The van der Waals surface area contributed by atoms with E-state index in [9.17, 15) is 14.7 Å². The summed E-state index contributed by atoms with van der Waals surface area (Å²) in [5.41, 5.74) is 2.12. The average Bonchev–Trinajstić information content (AvgIpc) is 3.57. The van der Waals surface area contributed by atoms with Crippen molar-refractivity contribution in [2.24, 2.45) is 0 Å². The summed E-state index contributed by atoms with van der Waals surface area (Å²) in [5.74, 6) is 0.187. The lowest BCUT2D eigenvalue weighted by Crippen LogP contribution is -2.36. The number of aliphatic hydroxyl groups excluding tert-OH is 1. The van der Waals surface area contributed by atoms with Crippen LogP contribution in [-0.2, 0) is 20.7 Å². The summed E-state index contributed by atoms with van der Waals surface area (Å²) < 4.78 is 22.4. The first-order valence-corrected chi connectivity index (χ1v) is 11.8. The molecule has 184 valence electrons. The van der Waals surface area contributed by atoms with Crippen LogP contribution in [0.15, 0.2) is 42.0 Å². The minimum absolute atomic E-state index is 0.0474. The summed E-state index contributed by atoms with van der Waals surface area (Å²) in [4.78, 5) is 28.1. The maximum atomic E-state index is 13.3. The fourth-order valence-corrected chi connectivity index (χ4v) is 5.17. The molecule has 3 aliphatic heterocycles. The van der Waals surface area contributed by atoms with Crippen LogP contribution in [0.1, 0.15) is 42.5 Å². The molecule has 3 aliphatic rings. The zero-order valence-electron chi connectivity index (χ0n) is 20.1. The molecule has 0 aliphatic carbocycles. The molecule has 8 nitrogen and oxygen atoms in total. The van der Waals surface area contributed by atoms with Gasteiger partial charge in [-0.05, 0) is 61.2 Å². The van der Waals surface area contributed by atoms with Gasteiger partial charge < -0.3 is 29.0 Å². The third kappa shape index (κ3) is 4.12. The summed E-state index contributed by atoms with van der Waals surface area (Å²) in [7, 11) is 3.07. The Kier molecular flexibility index (Phi) is 6.15. The number of hydrogen-bond donors (Lipinski definition) is 1. The van der Waals surface area contributed by atoms with Gasteiger partial charge in [-0.2, -0.15) is 0 Å². The summed E-state index contributed by atoms with van der Waals surface area (Å²) in [6, 6.07) is 9.80. The van der Waals surface area contributed by atoms with Crippen LogP contribution >= 0.6 is 0 Å². The van der Waals surface area contributed by atoms with Crippen LogP contribution in [0.4, 0.5) is 0 Å². The molecule has 1 N–H and O–H groups in total. The SMILES string of the molecule is COc1ccc([C@@H]2C(=C(O)c3ccc4c(c3)C[C@H](C)O4)C(=O)C(=O)N2C[C@@H]2CCCO2)cc1OC. The number of amides is 1. The number of carbonyl (C=O) groups is 2. The van der Waals surface area contributed by atoms with Crippen LogP contribution < -0.4 is 14.2 Å². The lowest BCUT2D eigenvalue weighted by molar-refractivity contribution is -0.140. The van der Waals surface area contributed by atoms with Gasteiger partial charge in [-0.15, -0.1) is 0 Å². The van der Waals surface area contributed by atoms with E-state index in [0.29, 0.717) is 35.7 Å². The molecule has 8 heteroatoms. The van der Waals surface area contributed by atoms with E-state index in [1.165, 1.54) is 12.0 Å². The number of nitrogens with zero attached hydrogens (tertiary/aromatic N) is 1. The fraction of sp³-hybridized carbons (Fsp3) is 0.407. The van der Waals surface area contributed by atoms with Crippen LogP contribution in [0.3, 0.4) is 0 Å². The molecule has 5 rings (SSSR count). The molecule has 0 saturated carbocycles. The molecular weight excluding hydrogens is 450 g/mol. The van der Waals surface area contributed by atoms with Gasteiger partial charge >= 0.3 is 0 Å². The number of rotatable bonds is 6. The maximum Gasteiger partial charge on any atom is 0.295 e. The predicted octanol–water partition coefficient (Wildman–Crippen LogP) is 3.63. The van der Waals surface area contributed by atoms with Crippen molar-refractivity contribution in [3.8, 4) is 17.2 Å². The van der Waals surface area contributed by atoms with E-state index in [1.807, 2.05) is 13.0 Å². The number of methoxy groups -OCH3 is 2. The van der Waals surface area contributed by atoms with Crippen molar-refractivity contribution < 1.29 is 33.6 Å². The summed E-state index contributed by atoms with van der Waals surface area (Å²) in [6.45, 7) is 2.87. The minimum atomic E-state index is -0.789. The molecule has 0 bridgehead atoms. The summed E-state index contributed by atoms with van der Waals surface area (Å²) in [5, 5.41) is 11.4. The Labute approximate surface area is 204 Å². The summed E-state index contributed by atoms with van der Waals surface area (Å²) >= 11 is 0. The number of ketones is 1. The number of Topliss-reactive ketones (excluding diaryl/α,β-unsaturated/α-hetero) is 1. The number of likely N-dealkylation sites (tertiary alicyclic amines) is 1. The Morgan fingerprint density at radius 1 is 1.11 bits per heavy atom. The molecule has 0 aromatic heterocycles. The quantitative estimate of drug-likeness (QED) is 0.384. The van der Waals surface area contributed by atoms with Gasteiger partial charge in [0.05, 0.1) is 31.9 Å². The van der Waals surface area contributed by atoms with Crippen LogP contribution in [0.5, 0.6) is 17.2 Å². The number of ether oxygens (including phenoxy) is 4. The van der Waals surface area contributed by atoms with Crippen molar-refractivity contribution in [1.82, 2.24) is 4.90 Å². The lowest BCUT2D eigenvalue weighted by atomic mass is 9.94. The van der Waals surface area contributed by atoms with Gasteiger partial charge in [0, 0.05) is 25.1 Å². The molecule has 35 heavy (non-hydrogen) atoms. The van der Waals surface area contributed by atoms with Crippen molar-refractivity contribution in [1.29, 1.82) is 0 Å². The van der Waals surface area contributed by atoms with Crippen molar-refractivity contribution >= 4 is 17.4 Å². The Bertz CT molecular complexity index is 1200. The monoisotopic (exact) mass is 479 g/mol. The number of carbonyl (C=O) groups excluding carboxylic acids is 2. The van der Waals surface area contributed by atoms with Gasteiger partial charge in [-0.3, -0.25) is 9.59 Å². The highest BCUT2D eigenvalue weighted by Crippen LogP contribution is 2.43. The van der Waals surface area contributed by atoms with Crippen LogP contribution in [0.2, 0.25) is 0 Å². The highest BCUT2D eigenvalue weighted by Gasteiger charge is 2.47. The normalized spacial score (nSPS) is 25.0. The van der Waals surface area contributed by atoms with E-state index >= 15 is 0 Å². The Morgan fingerprint density at radius 3 is 2.63 bits per heavy atom. The first kappa shape index (κ1) is 23.2. The predicted molar refractivity (Wildman–Crippen MR) is 128 cm³/mol. The second-order valence-corrected chi connectivity index (χ2v) is 9.16. The first-order valence-electron chi connectivity index (χ1n) is 11.8. The molecule has 2 saturated heterocycles. The van der Waals surface area contributed by atoms with Crippen LogP contribution in [-0.4, -0.2) is 61.3 Å². The van der Waals surface area contributed by atoms with Gasteiger partial charge in [-0.25, -0.2) is 0 Å². The maximum absolute atomic E-state index is 13.3. The van der Waals surface area contributed by atoms with E-state index in [-0.39, 0.29) is 30.1 Å². The standard InChI is InChI=1S/C27H29NO7/c1-15-11-18-12-17(7-8-20(18)35-15)25(29)23-24(16-6-9-21(32-2)22(13-16)33-3)28(27(31)26(23)30)14-19-5-4-10-34-19/h6-9,12-13,15,19,24,29H,4-5,10-11,14H2,1-3H3/t15-,19-,24+/m0/s1. The number of benzene rings is 2. The van der Waals surface area contributed by atoms with Gasteiger partial charge in [0.25, 0.3) is 11.7 Å². The highest BCUT2D eigenvalue weighted by atomic mass is 16.5. The molecular formula is C27H29NO7. The summed E-state index contributed by atoms with van der Waals surface area (Å²) in [6.07, 6.45) is 2.32. The van der Waals surface area contributed by atoms with Crippen LogP contribution in [0, 0.1) is 0 Å². The second kappa shape index (κ2) is 9.26. The van der Waals surface area contributed by atoms with Crippen LogP contribution in [0.25, 0.3) is 5.76 Å². The molecule has 0 radical (unpaired) electrons. The molecule has 3 atom stereocenters. The van der Waals surface area contributed by atoms with Gasteiger partial charge in [0.2, 0.25) is 0 Å². The minimum Gasteiger partial charge on any atom is -0.507 e. The smallest absolute Gasteiger partial charge is 0.295 e. The Balaban J connectivity index is 1.62. The van der Waals surface area contributed by atoms with Gasteiger partial charge in [0.15, 0.2) is 11.5 Å². The Morgan fingerprint density at radius 2 is 1.91 bits per heavy atom. The molecule has 0 unspecified atom stereocenters. The topological polar surface area (TPSA) is 94.5 Å². The van der Waals surface area contributed by atoms with E-state index in [4.69, 9.17) is 18.9 Å². The second-order valence-electron chi connectivity index (χ2n) is 9.16. The fourth-order valence-electron chi connectivity index (χ4n) is 5.17. The molecule has 3 heterocycles. The van der Waals surface area contributed by atoms with E-state index in [1.54, 1.807) is 37.4 Å².